The Balaban J connectivity index is 1.06. The van der Waals surface area contributed by atoms with Crippen molar-refractivity contribution in [2.45, 2.75) is 38.5 Å². The number of nitrogens with zero attached hydrogens (tertiary/aromatic N) is 2. The third kappa shape index (κ3) is 5.23. The van der Waals surface area contributed by atoms with Crippen molar-refractivity contribution in [3.8, 4) is 44.9 Å². The van der Waals surface area contributed by atoms with Crippen LogP contribution in [-0.4, -0.2) is 0 Å². The SMILES string of the molecule is CC1(C)c2ccccc2-c2ccc(N(c3ccc4c(c3)C(C)(C)c3ccccc3-4)c3cc4c5c(cccc5c3)-c3cccc(N(c5ccccc5)c5ccccc5)c3O4)cc21. The van der Waals surface area contributed by atoms with Gasteiger partial charge in [-0.1, -0.05) is 155 Å². The van der Waals surface area contributed by atoms with E-state index < -0.39 is 0 Å². The molecule has 12 rings (SSSR count). The Bertz CT molecular complexity index is 3090. The molecule has 9 aromatic rings. The van der Waals surface area contributed by atoms with Crippen molar-refractivity contribution in [1.29, 1.82) is 0 Å². The number of benzene rings is 9. The van der Waals surface area contributed by atoms with Crippen molar-refractivity contribution in [2.24, 2.45) is 0 Å². The van der Waals surface area contributed by atoms with E-state index in [0.29, 0.717) is 0 Å². The highest BCUT2D eigenvalue weighted by Crippen LogP contribution is 2.56. The summed E-state index contributed by atoms with van der Waals surface area (Å²) in [6, 6.07) is 70.9. The first-order valence-corrected chi connectivity index (χ1v) is 21.3. The molecule has 292 valence electrons. The third-order valence-electron chi connectivity index (χ3n) is 13.6. The second-order valence-electron chi connectivity index (χ2n) is 17.7. The fourth-order valence-corrected chi connectivity index (χ4v) is 10.6. The van der Waals surface area contributed by atoms with Gasteiger partial charge in [-0.2, -0.15) is 0 Å². The van der Waals surface area contributed by atoms with Crippen LogP contribution in [0.1, 0.15) is 49.9 Å². The lowest BCUT2D eigenvalue weighted by molar-refractivity contribution is 0.488. The number of anilines is 6. The summed E-state index contributed by atoms with van der Waals surface area (Å²) in [7, 11) is 0. The lowest BCUT2D eigenvalue weighted by Gasteiger charge is -2.32. The maximum absolute atomic E-state index is 7.30. The van der Waals surface area contributed by atoms with Crippen LogP contribution in [0.5, 0.6) is 11.5 Å². The Morgan fingerprint density at radius 2 is 0.836 bits per heavy atom. The zero-order valence-electron chi connectivity index (χ0n) is 34.8. The van der Waals surface area contributed by atoms with E-state index in [1.807, 2.05) is 0 Å². The van der Waals surface area contributed by atoms with Crippen molar-refractivity contribution >= 4 is 44.9 Å². The van der Waals surface area contributed by atoms with Crippen molar-refractivity contribution in [3.63, 3.8) is 0 Å². The van der Waals surface area contributed by atoms with Gasteiger partial charge in [-0.25, -0.2) is 0 Å². The zero-order chi connectivity index (χ0) is 41.0. The molecule has 0 spiro atoms. The minimum absolute atomic E-state index is 0.147. The molecule has 61 heavy (non-hydrogen) atoms. The second kappa shape index (κ2) is 13.1. The summed E-state index contributed by atoms with van der Waals surface area (Å²) in [5, 5.41) is 2.26. The monoisotopic (exact) mass is 784 g/mol. The van der Waals surface area contributed by atoms with E-state index in [9.17, 15) is 0 Å². The fraction of sp³-hybridized carbons (Fsp3) is 0.103. The topological polar surface area (TPSA) is 15.7 Å². The summed E-state index contributed by atoms with van der Waals surface area (Å²) in [6.45, 7) is 9.44. The summed E-state index contributed by atoms with van der Waals surface area (Å²) in [4.78, 5) is 4.75. The van der Waals surface area contributed by atoms with E-state index >= 15 is 0 Å². The van der Waals surface area contributed by atoms with Gasteiger partial charge in [0.2, 0.25) is 0 Å². The van der Waals surface area contributed by atoms with E-state index in [0.717, 1.165) is 62.0 Å². The maximum atomic E-state index is 7.30. The maximum Gasteiger partial charge on any atom is 0.159 e. The molecule has 3 nitrogen and oxygen atoms in total. The Morgan fingerprint density at radius 3 is 1.43 bits per heavy atom. The van der Waals surface area contributed by atoms with E-state index in [1.165, 1.54) is 50.1 Å². The summed E-state index contributed by atoms with van der Waals surface area (Å²) >= 11 is 0. The highest BCUT2D eigenvalue weighted by molar-refractivity contribution is 6.08. The molecular formula is C58H44N2O. The van der Waals surface area contributed by atoms with Crippen LogP contribution in [0.4, 0.5) is 34.1 Å². The lowest BCUT2D eigenvalue weighted by Crippen LogP contribution is -2.18. The van der Waals surface area contributed by atoms with Gasteiger partial charge in [0.05, 0.1) is 11.4 Å². The highest BCUT2D eigenvalue weighted by Gasteiger charge is 2.38. The number of ether oxygens (including phenoxy) is 1. The minimum Gasteiger partial charge on any atom is -0.454 e. The van der Waals surface area contributed by atoms with Gasteiger partial charge in [0.25, 0.3) is 0 Å². The molecule has 3 heteroatoms. The Labute approximate surface area is 357 Å². The van der Waals surface area contributed by atoms with Crippen LogP contribution in [0.25, 0.3) is 44.2 Å². The summed E-state index contributed by atoms with van der Waals surface area (Å²) in [5.74, 6) is 1.69. The number of hydrogen-bond donors (Lipinski definition) is 0. The molecule has 0 saturated carbocycles. The summed E-state index contributed by atoms with van der Waals surface area (Å²) in [6.07, 6.45) is 0. The van der Waals surface area contributed by atoms with Gasteiger partial charge in [0.15, 0.2) is 5.75 Å². The highest BCUT2D eigenvalue weighted by atomic mass is 16.5. The molecule has 0 amide bonds. The average Bonchev–Trinajstić information content (AvgIpc) is 3.66. The normalized spacial score (nSPS) is 14.3. The smallest absolute Gasteiger partial charge is 0.159 e. The van der Waals surface area contributed by atoms with Crippen LogP contribution in [0.2, 0.25) is 0 Å². The van der Waals surface area contributed by atoms with E-state index in [2.05, 4.69) is 232 Å². The standard InChI is InChI=1S/C58H44N2O/c1-57(2)49-26-13-11-22-43(49)45-31-29-40(34-51(45)57)59(41-30-32-46-44-23-12-14-27-50(44)58(3,4)52(46)35-41)42-33-37-17-15-24-47-48-25-16-28-53(56(48)61-54(36-42)55(37)47)60(38-18-7-5-8-19-38)39-20-9-6-10-21-39/h5-36H,1-4H3. The van der Waals surface area contributed by atoms with Gasteiger partial charge in [0, 0.05) is 50.6 Å². The Hall–Kier alpha value is -7.36. The van der Waals surface area contributed by atoms with E-state index in [-0.39, 0.29) is 10.8 Å². The zero-order valence-corrected chi connectivity index (χ0v) is 34.8. The first kappa shape index (κ1) is 35.6. The number of fused-ring (bicyclic) bond motifs is 8. The van der Waals surface area contributed by atoms with Gasteiger partial charge < -0.3 is 14.5 Å². The van der Waals surface area contributed by atoms with Crippen LogP contribution in [0.3, 0.4) is 0 Å². The van der Waals surface area contributed by atoms with Crippen LogP contribution in [-0.2, 0) is 10.8 Å². The molecule has 2 aliphatic carbocycles. The van der Waals surface area contributed by atoms with E-state index in [4.69, 9.17) is 4.74 Å². The fourth-order valence-electron chi connectivity index (χ4n) is 10.6. The van der Waals surface area contributed by atoms with E-state index in [1.54, 1.807) is 0 Å². The molecule has 0 aromatic heterocycles. The van der Waals surface area contributed by atoms with Crippen molar-refractivity contribution in [2.75, 3.05) is 9.80 Å². The van der Waals surface area contributed by atoms with Crippen molar-refractivity contribution < 1.29 is 4.74 Å². The quantitative estimate of drug-likeness (QED) is 0.167. The predicted octanol–water partition coefficient (Wildman–Crippen LogP) is 16.2. The lowest BCUT2D eigenvalue weighted by atomic mass is 9.82. The predicted molar refractivity (Wildman–Crippen MR) is 254 cm³/mol. The van der Waals surface area contributed by atoms with Gasteiger partial charge in [-0.15, -0.1) is 0 Å². The molecule has 1 aliphatic heterocycles. The second-order valence-corrected chi connectivity index (χ2v) is 17.7. The largest absolute Gasteiger partial charge is 0.454 e. The Morgan fingerprint density at radius 1 is 0.344 bits per heavy atom. The number of para-hydroxylation sites is 3. The first-order valence-electron chi connectivity index (χ1n) is 21.3. The minimum atomic E-state index is -0.147. The Kier molecular flexibility index (Phi) is 7.62. The first-order chi connectivity index (χ1) is 29.8. The molecule has 3 aliphatic rings. The van der Waals surface area contributed by atoms with Crippen molar-refractivity contribution in [1.82, 2.24) is 0 Å². The van der Waals surface area contributed by atoms with Crippen LogP contribution in [0, 0.1) is 0 Å². The van der Waals surface area contributed by atoms with Gasteiger partial charge in [-0.05, 0) is 116 Å². The number of rotatable bonds is 6. The molecule has 0 saturated heterocycles. The van der Waals surface area contributed by atoms with Crippen LogP contribution < -0.4 is 14.5 Å². The molecule has 0 unspecified atom stereocenters. The molecule has 0 atom stereocenters. The molecule has 1 heterocycles. The summed E-state index contributed by atoms with van der Waals surface area (Å²) in [5.41, 5.74) is 19.0. The molecular weight excluding hydrogens is 741 g/mol. The number of hydrogen-bond acceptors (Lipinski definition) is 3. The summed E-state index contributed by atoms with van der Waals surface area (Å²) < 4.78 is 7.30. The third-order valence-corrected chi connectivity index (χ3v) is 13.6. The molecule has 0 radical (unpaired) electrons. The molecule has 9 aromatic carbocycles. The van der Waals surface area contributed by atoms with Gasteiger partial charge in [0.1, 0.15) is 5.75 Å². The van der Waals surface area contributed by atoms with Gasteiger partial charge >= 0.3 is 0 Å². The molecule has 0 fully saturated rings. The average molecular weight is 785 g/mol. The van der Waals surface area contributed by atoms with Crippen LogP contribution >= 0.6 is 0 Å². The molecule has 0 bridgehead atoms. The molecule has 0 N–H and O–H groups in total. The van der Waals surface area contributed by atoms with Gasteiger partial charge in [-0.3, -0.25) is 0 Å². The van der Waals surface area contributed by atoms with Crippen LogP contribution in [0.15, 0.2) is 194 Å². The van der Waals surface area contributed by atoms with Crippen molar-refractivity contribution in [3.05, 3.63) is 216 Å².